The van der Waals surface area contributed by atoms with Crippen LogP contribution in [0.2, 0.25) is 0 Å². The SMILES string of the molecule is Cc1cc(NC2=CN(c3ccccc3)CC3=NC(C(F)(F)F)=C[N+]23)n[nH]1. The van der Waals surface area contributed by atoms with Gasteiger partial charge in [0.25, 0.3) is 11.7 Å². The summed E-state index contributed by atoms with van der Waals surface area (Å²) in [5, 5.41) is 9.94. The second kappa shape index (κ2) is 6.03. The van der Waals surface area contributed by atoms with E-state index in [0.29, 0.717) is 17.5 Å². The van der Waals surface area contributed by atoms with Crippen molar-refractivity contribution in [1.29, 1.82) is 0 Å². The van der Waals surface area contributed by atoms with Crippen LogP contribution in [0.4, 0.5) is 24.7 Å². The number of alkyl halides is 3. The molecule has 0 fully saturated rings. The van der Waals surface area contributed by atoms with Gasteiger partial charge in [0.05, 0.1) is 6.20 Å². The number of aromatic nitrogens is 2. The van der Waals surface area contributed by atoms with Gasteiger partial charge in [0.15, 0.2) is 12.0 Å². The van der Waals surface area contributed by atoms with E-state index in [9.17, 15) is 13.2 Å². The Bertz CT molecular complexity index is 910. The van der Waals surface area contributed by atoms with Gasteiger partial charge in [-0.2, -0.15) is 23.3 Å². The zero-order valence-corrected chi connectivity index (χ0v) is 13.7. The highest BCUT2D eigenvalue weighted by atomic mass is 19.4. The highest BCUT2D eigenvalue weighted by Gasteiger charge is 2.47. The molecule has 0 unspecified atom stereocenters. The zero-order chi connectivity index (χ0) is 18.3. The minimum absolute atomic E-state index is 0.227. The zero-order valence-electron chi connectivity index (χ0n) is 13.7. The Labute approximate surface area is 147 Å². The third kappa shape index (κ3) is 3.08. The average Bonchev–Trinajstić information content (AvgIpc) is 3.21. The van der Waals surface area contributed by atoms with Gasteiger partial charge in [-0.25, -0.2) is 0 Å². The van der Waals surface area contributed by atoms with Crippen molar-refractivity contribution in [2.45, 2.75) is 13.1 Å². The first-order valence-electron chi connectivity index (χ1n) is 7.88. The molecule has 2 aliphatic heterocycles. The van der Waals surface area contributed by atoms with E-state index in [2.05, 4.69) is 20.5 Å². The first-order valence-corrected chi connectivity index (χ1v) is 7.88. The molecule has 2 N–H and O–H groups in total. The van der Waals surface area contributed by atoms with Crippen LogP contribution in [0.15, 0.2) is 65.3 Å². The molecule has 3 heterocycles. The summed E-state index contributed by atoms with van der Waals surface area (Å²) in [5.41, 5.74) is 0.770. The maximum atomic E-state index is 13.1. The third-order valence-corrected chi connectivity index (χ3v) is 3.97. The molecule has 26 heavy (non-hydrogen) atoms. The fourth-order valence-electron chi connectivity index (χ4n) is 2.77. The molecule has 0 amide bonds. The second-order valence-electron chi connectivity index (χ2n) is 5.95. The molecule has 0 saturated carbocycles. The molecule has 133 valence electrons. The van der Waals surface area contributed by atoms with Crippen molar-refractivity contribution in [2.24, 2.45) is 4.99 Å². The molecule has 1 aromatic carbocycles. The number of allylic oxidation sites excluding steroid dienone is 1. The van der Waals surface area contributed by atoms with Gasteiger partial charge in [0.1, 0.15) is 6.54 Å². The number of rotatable bonds is 3. The predicted octanol–water partition coefficient (Wildman–Crippen LogP) is 3.41. The Morgan fingerprint density at radius 3 is 2.65 bits per heavy atom. The quantitative estimate of drug-likeness (QED) is 0.825. The highest BCUT2D eigenvalue weighted by molar-refractivity contribution is 5.96. The summed E-state index contributed by atoms with van der Waals surface area (Å²) >= 11 is 0. The molecule has 2 aromatic rings. The second-order valence-corrected chi connectivity index (χ2v) is 5.95. The Morgan fingerprint density at radius 1 is 1.23 bits per heavy atom. The summed E-state index contributed by atoms with van der Waals surface area (Å²) in [4.78, 5) is 7.03. The number of aryl methyl sites for hydroxylation is 1. The Balaban J connectivity index is 1.72. The Kier molecular flexibility index (Phi) is 3.80. The van der Waals surface area contributed by atoms with Gasteiger partial charge >= 0.3 is 6.18 Å². The van der Waals surface area contributed by atoms with Crippen LogP contribution in [0.1, 0.15) is 5.69 Å². The first kappa shape index (κ1) is 16.4. The van der Waals surface area contributed by atoms with Gasteiger partial charge in [-0.05, 0) is 24.0 Å². The molecule has 1 radical (unpaired) electrons. The maximum absolute atomic E-state index is 13.1. The number of nitrogens with zero attached hydrogens (tertiary/aromatic N) is 4. The van der Waals surface area contributed by atoms with Crippen molar-refractivity contribution in [3.05, 3.63) is 66.0 Å². The monoisotopic (exact) mass is 360 g/mol. The molecule has 0 saturated heterocycles. The van der Waals surface area contributed by atoms with E-state index in [4.69, 9.17) is 0 Å². The van der Waals surface area contributed by atoms with E-state index in [1.54, 1.807) is 12.3 Å². The number of halogens is 3. The van der Waals surface area contributed by atoms with E-state index in [-0.39, 0.29) is 6.54 Å². The average molecular weight is 360 g/mol. The molecule has 4 rings (SSSR count). The van der Waals surface area contributed by atoms with Crippen LogP contribution in [-0.2, 0) is 0 Å². The standard InChI is InChI=1S/C17H15F3N6/c1-11-7-14(24-23-11)22-16-10-25(12-5-3-2-4-6-12)9-15-21-13(8-26(15)16)17(18,19)20/h2-8,10H,9H2,1H3,(H2,22,23,24)/q+1. The lowest BCUT2D eigenvalue weighted by Crippen LogP contribution is -2.45. The summed E-state index contributed by atoms with van der Waals surface area (Å²) in [5.74, 6) is 1.24. The van der Waals surface area contributed by atoms with Crippen LogP contribution in [0.25, 0.3) is 0 Å². The van der Waals surface area contributed by atoms with E-state index in [1.807, 2.05) is 42.2 Å². The molecule has 0 bridgehead atoms. The number of nitrogens with one attached hydrogen (secondary N) is 2. The van der Waals surface area contributed by atoms with Gasteiger partial charge in [-0.1, -0.05) is 18.2 Å². The summed E-state index contributed by atoms with van der Waals surface area (Å²) in [6, 6.07) is 11.2. The summed E-state index contributed by atoms with van der Waals surface area (Å²) in [6.45, 7) is 2.07. The van der Waals surface area contributed by atoms with Crippen molar-refractivity contribution < 1.29 is 13.2 Å². The molecular formula is C17H15F3N6+. The molecule has 1 aromatic heterocycles. The number of hydrogen-bond donors (Lipinski definition) is 2. The molecule has 0 spiro atoms. The number of benzene rings is 1. The topological polar surface area (TPSA) is 62.2 Å². The number of aromatic amines is 1. The highest BCUT2D eigenvalue weighted by Crippen LogP contribution is 2.33. The van der Waals surface area contributed by atoms with E-state index in [0.717, 1.165) is 17.6 Å². The van der Waals surface area contributed by atoms with Crippen LogP contribution in [-0.4, -0.2) is 28.8 Å². The molecule has 9 heteroatoms. The predicted molar refractivity (Wildman–Crippen MR) is 92.5 cm³/mol. The number of anilines is 2. The summed E-state index contributed by atoms with van der Waals surface area (Å²) in [6.07, 6.45) is -1.76. The normalized spacial score (nSPS) is 17.5. The minimum atomic E-state index is -4.50. The van der Waals surface area contributed by atoms with Gasteiger partial charge in [-0.15, -0.1) is 0 Å². The number of hydrogen-bond acceptors (Lipinski definition) is 5. The van der Waals surface area contributed by atoms with E-state index >= 15 is 0 Å². The van der Waals surface area contributed by atoms with Crippen molar-refractivity contribution in [3.8, 4) is 0 Å². The molecule has 2 aliphatic rings. The van der Waals surface area contributed by atoms with Crippen molar-refractivity contribution in [2.75, 3.05) is 16.8 Å². The van der Waals surface area contributed by atoms with Gasteiger partial charge in [-0.3, -0.25) is 10.4 Å². The first-order chi connectivity index (χ1) is 12.4. The fourth-order valence-corrected chi connectivity index (χ4v) is 2.77. The number of para-hydroxylation sites is 1. The molecule has 0 aliphatic carbocycles. The largest absolute Gasteiger partial charge is 0.439 e. The lowest BCUT2D eigenvalue weighted by atomic mass is 10.2. The number of H-pyrrole nitrogens is 1. The van der Waals surface area contributed by atoms with Crippen LogP contribution in [0, 0.1) is 6.92 Å². The number of fused-ring (bicyclic) bond motifs is 1. The maximum Gasteiger partial charge on any atom is 0.439 e. The number of aliphatic imine (C=N–C) groups is 1. The minimum Gasteiger partial charge on any atom is -0.329 e. The number of amidine groups is 1. The fraction of sp³-hybridized carbons (Fsp3) is 0.176. The smallest absolute Gasteiger partial charge is 0.329 e. The summed E-state index contributed by atoms with van der Waals surface area (Å²) in [7, 11) is 0. The van der Waals surface area contributed by atoms with Gasteiger partial charge in [0, 0.05) is 17.4 Å². The van der Waals surface area contributed by atoms with Crippen molar-refractivity contribution in [3.63, 3.8) is 0 Å². The lowest BCUT2D eigenvalue weighted by Gasteiger charge is -2.25. The van der Waals surface area contributed by atoms with Crippen molar-refractivity contribution >= 4 is 17.3 Å². The summed E-state index contributed by atoms with van der Waals surface area (Å²) < 4.78 is 39.3. The third-order valence-electron chi connectivity index (χ3n) is 3.97. The van der Waals surface area contributed by atoms with Crippen LogP contribution in [0.5, 0.6) is 0 Å². The Morgan fingerprint density at radius 2 is 2.00 bits per heavy atom. The lowest BCUT2D eigenvalue weighted by molar-refractivity contribution is -0.0922. The van der Waals surface area contributed by atoms with E-state index in [1.165, 1.54) is 4.90 Å². The van der Waals surface area contributed by atoms with Gasteiger partial charge in [0.2, 0.25) is 5.70 Å². The van der Waals surface area contributed by atoms with Gasteiger partial charge < -0.3 is 4.90 Å². The molecular weight excluding hydrogens is 345 g/mol. The molecule has 6 nitrogen and oxygen atoms in total. The van der Waals surface area contributed by atoms with E-state index < -0.39 is 11.9 Å². The van der Waals surface area contributed by atoms with Crippen molar-refractivity contribution in [1.82, 2.24) is 15.1 Å². The molecule has 0 atom stereocenters. The van der Waals surface area contributed by atoms with Crippen LogP contribution >= 0.6 is 0 Å². The Hall–Kier alpha value is -3.07. The van der Waals surface area contributed by atoms with Crippen LogP contribution in [0.3, 0.4) is 0 Å². The van der Waals surface area contributed by atoms with Crippen LogP contribution < -0.4 is 15.1 Å².